The maximum absolute atomic E-state index is 12.1. The first-order valence-electron chi connectivity index (χ1n) is 11.1. The van der Waals surface area contributed by atoms with Crippen molar-refractivity contribution < 1.29 is 18.7 Å². The molecule has 0 saturated carbocycles. The number of carbonyl (C=O) groups is 1. The number of benzene rings is 1. The molecule has 1 aromatic heterocycles. The van der Waals surface area contributed by atoms with Gasteiger partial charge in [-0.1, -0.05) is 0 Å². The van der Waals surface area contributed by atoms with Gasteiger partial charge in [0.2, 0.25) is 0 Å². The van der Waals surface area contributed by atoms with Crippen LogP contribution in [0.25, 0.3) is 0 Å². The summed E-state index contributed by atoms with van der Waals surface area (Å²) in [6.45, 7) is 7.74. The van der Waals surface area contributed by atoms with Crippen molar-refractivity contribution >= 4 is 11.9 Å². The third-order valence-corrected chi connectivity index (χ3v) is 5.62. The molecule has 0 aliphatic carbocycles. The monoisotopic (exact) mass is 442 g/mol. The summed E-state index contributed by atoms with van der Waals surface area (Å²) < 4.78 is 16.1. The van der Waals surface area contributed by atoms with E-state index in [-0.39, 0.29) is 5.91 Å². The Hall–Kier alpha value is -3.16. The smallest absolute Gasteiger partial charge is 0.287 e. The van der Waals surface area contributed by atoms with E-state index in [1.807, 2.05) is 13.0 Å². The van der Waals surface area contributed by atoms with Crippen molar-refractivity contribution in [1.29, 1.82) is 0 Å². The number of rotatable bonds is 9. The fraction of sp³-hybridized carbons (Fsp3) is 0.500. The van der Waals surface area contributed by atoms with E-state index in [4.69, 9.17) is 18.9 Å². The van der Waals surface area contributed by atoms with Crippen LogP contribution in [0.1, 0.15) is 47.4 Å². The van der Waals surface area contributed by atoms with Gasteiger partial charge in [-0.15, -0.1) is 0 Å². The Morgan fingerprint density at radius 3 is 2.59 bits per heavy atom. The molecule has 2 N–H and O–H groups in total. The second-order valence-electron chi connectivity index (χ2n) is 7.86. The highest BCUT2D eigenvalue weighted by atomic mass is 16.5. The number of ether oxygens (including phenoxy) is 2. The molecule has 8 heteroatoms. The quantitative estimate of drug-likeness (QED) is 0.352. The number of furan rings is 1. The number of nitrogens with one attached hydrogen (secondary N) is 2. The molecule has 1 aromatic carbocycles. The molecule has 1 saturated heterocycles. The van der Waals surface area contributed by atoms with Gasteiger partial charge in [-0.3, -0.25) is 9.79 Å². The second kappa shape index (κ2) is 11.5. The van der Waals surface area contributed by atoms with Crippen LogP contribution in [0.2, 0.25) is 0 Å². The van der Waals surface area contributed by atoms with Crippen LogP contribution in [0.5, 0.6) is 11.5 Å². The van der Waals surface area contributed by atoms with Crippen molar-refractivity contribution in [2.24, 2.45) is 4.99 Å². The van der Waals surface area contributed by atoms with Gasteiger partial charge in [0, 0.05) is 50.3 Å². The highest BCUT2D eigenvalue weighted by molar-refractivity contribution is 5.92. The molecule has 1 fully saturated rings. The van der Waals surface area contributed by atoms with Crippen molar-refractivity contribution in [2.45, 2.75) is 32.6 Å². The Balaban J connectivity index is 1.53. The topological polar surface area (TPSA) is 88.3 Å². The predicted octanol–water partition coefficient (Wildman–Crippen LogP) is 3.18. The van der Waals surface area contributed by atoms with Gasteiger partial charge in [-0.05, 0) is 50.5 Å². The lowest BCUT2D eigenvalue weighted by atomic mass is 9.98. The zero-order chi connectivity index (χ0) is 22.9. The summed E-state index contributed by atoms with van der Waals surface area (Å²) in [6.07, 6.45) is 3.33. The minimum absolute atomic E-state index is 0.181. The molecule has 0 radical (unpaired) electrons. The van der Waals surface area contributed by atoms with Crippen LogP contribution < -0.4 is 20.1 Å². The highest BCUT2D eigenvalue weighted by Crippen LogP contribution is 2.32. The molecule has 8 nitrogen and oxygen atoms in total. The van der Waals surface area contributed by atoms with Crippen molar-refractivity contribution in [1.82, 2.24) is 15.5 Å². The lowest BCUT2D eigenvalue weighted by molar-refractivity contribution is 0.0925. The number of likely N-dealkylation sites (tertiary alicyclic amines) is 1. The number of guanidine groups is 1. The standard InChI is InChI=1S/C24H34N4O4/c1-5-25-24(27-10-6-9-26-23(29)22-17(2)8-12-32-22)28-11-7-18(16-28)19-13-20(30-3)15-21(14-19)31-4/h8,12-15,18H,5-7,9-11,16H2,1-4H3,(H,25,27)(H,26,29). The van der Waals surface area contributed by atoms with E-state index >= 15 is 0 Å². The van der Waals surface area contributed by atoms with Crippen molar-refractivity contribution in [3.63, 3.8) is 0 Å². The van der Waals surface area contributed by atoms with Gasteiger partial charge in [0.05, 0.1) is 20.5 Å². The SMILES string of the molecule is CCNC(=NCCCNC(=O)c1occc1C)N1CCC(c2cc(OC)cc(OC)c2)C1. The summed E-state index contributed by atoms with van der Waals surface area (Å²) in [6, 6.07) is 7.86. The van der Waals surface area contributed by atoms with Gasteiger partial charge >= 0.3 is 0 Å². The molecule has 1 aliphatic rings. The summed E-state index contributed by atoms with van der Waals surface area (Å²) in [7, 11) is 3.35. The summed E-state index contributed by atoms with van der Waals surface area (Å²) in [4.78, 5) is 19.2. The summed E-state index contributed by atoms with van der Waals surface area (Å²) in [5, 5.41) is 6.29. The molecule has 2 aromatic rings. The Morgan fingerprint density at radius 2 is 1.97 bits per heavy atom. The molecule has 1 amide bonds. The van der Waals surface area contributed by atoms with E-state index in [0.717, 1.165) is 55.5 Å². The molecule has 0 bridgehead atoms. The van der Waals surface area contributed by atoms with Crippen LogP contribution in [0.3, 0.4) is 0 Å². The fourth-order valence-electron chi connectivity index (χ4n) is 3.87. The lowest BCUT2D eigenvalue weighted by Gasteiger charge is -2.22. The number of amides is 1. The third-order valence-electron chi connectivity index (χ3n) is 5.62. The third kappa shape index (κ3) is 5.96. The zero-order valence-electron chi connectivity index (χ0n) is 19.4. The fourth-order valence-corrected chi connectivity index (χ4v) is 3.87. The number of carbonyl (C=O) groups excluding carboxylic acids is 1. The Bertz CT molecular complexity index is 902. The first-order chi connectivity index (χ1) is 15.5. The van der Waals surface area contributed by atoms with Gasteiger partial charge in [0.15, 0.2) is 11.7 Å². The van der Waals surface area contributed by atoms with Crippen LogP contribution in [0.4, 0.5) is 0 Å². The molecule has 1 unspecified atom stereocenters. The van der Waals surface area contributed by atoms with E-state index in [0.29, 0.717) is 24.8 Å². The maximum Gasteiger partial charge on any atom is 0.287 e. The molecule has 1 aliphatic heterocycles. The van der Waals surface area contributed by atoms with Crippen molar-refractivity contribution in [3.05, 3.63) is 47.4 Å². The summed E-state index contributed by atoms with van der Waals surface area (Å²) >= 11 is 0. The van der Waals surface area contributed by atoms with Crippen molar-refractivity contribution in [3.8, 4) is 11.5 Å². The molecule has 1 atom stereocenters. The number of aryl methyl sites for hydroxylation is 1. The average Bonchev–Trinajstić information content (AvgIpc) is 3.47. The Labute approximate surface area is 190 Å². The molecule has 174 valence electrons. The van der Waals surface area contributed by atoms with Crippen molar-refractivity contribution in [2.75, 3.05) is 46.9 Å². The molecule has 3 rings (SSSR count). The summed E-state index contributed by atoms with van der Waals surface area (Å²) in [5.41, 5.74) is 2.06. The Kier molecular flexibility index (Phi) is 8.41. The van der Waals surface area contributed by atoms with E-state index < -0.39 is 0 Å². The Morgan fingerprint density at radius 1 is 1.22 bits per heavy atom. The van der Waals surface area contributed by atoms with E-state index in [2.05, 4.69) is 34.6 Å². The summed E-state index contributed by atoms with van der Waals surface area (Å²) in [5.74, 6) is 3.12. The van der Waals surface area contributed by atoms with Crippen LogP contribution in [0, 0.1) is 6.92 Å². The minimum Gasteiger partial charge on any atom is -0.497 e. The highest BCUT2D eigenvalue weighted by Gasteiger charge is 2.27. The number of hydrogen-bond donors (Lipinski definition) is 2. The first-order valence-corrected chi connectivity index (χ1v) is 11.1. The zero-order valence-corrected chi connectivity index (χ0v) is 19.4. The number of hydrogen-bond acceptors (Lipinski definition) is 5. The van der Waals surface area contributed by atoms with Gasteiger partial charge in [0.25, 0.3) is 5.91 Å². The average molecular weight is 443 g/mol. The molecular formula is C24H34N4O4. The predicted molar refractivity (Wildman–Crippen MR) is 125 cm³/mol. The second-order valence-corrected chi connectivity index (χ2v) is 7.86. The maximum atomic E-state index is 12.1. The van der Waals surface area contributed by atoms with Gasteiger partial charge in [0.1, 0.15) is 11.5 Å². The van der Waals surface area contributed by atoms with Crippen LogP contribution in [0.15, 0.2) is 39.9 Å². The van der Waals surface area contributed by atoms with Gasteiger partial charge < -0.3 is 29.4 Å². The van der Waals surface area contributed by atoms with Crippen LogP contribution in [-0.2, 0) is 0 Å². The van der Waals surface area contributed by atoms with E-state index in [1.54, 1.807) is 20.3 Å². The van der Waals surface area contributed by atoms with Crippen LogP contribution >= 0.6 is 0 Å². The van der Waals surface area contributed by atoms with Crippen LogP contribution in [-0.4, -0.2) is 63.7 Å². The first kappa shape index (κ1) is 23.5. The minimum atomic E-state index is -0.181. The van der Waals surface area contributed by atoms with Gasteiger partial charge in [-0.25, -0.2) is 0 Å². The normalized spacial score (nSPS) is 16.2. The molecular weight excluding hydrogens is 408 g/mol. The number of nitrogens with zero attached hydrogens (tertiary/aromatic N) is 2. The van der Waals surface area contributed by atoms with Gasteiger partial charge in [-0.2, -0.15) is 0 Å². The molecule has 2 heterocycles. The molecule has 32 heavy (non-hydrogen) atoms. The number of aliphatic imine (C=N–C) groups is 1. The lowest BCUT2D eigenvalue weighted by Crippen LogP contribution is -2.40. The largest absolute Gasteiger partial charge is 0.497 e. The van der Waals surface area contributed by atoms with E-state index in [9.17, 15) is 4.79 Å². The number of methoxy groups -OCH3 is 2. The molecule has 0 spiro atoms. The van der Waals surface area contributed by atoms with E-state index in [1.165, 1.54) is 11.8 Å².